The van der Waals surface area contributed by atoms with Gasteiger partial charge in [-0.1, -0.05) is 202 Å². The van der Waals surface area contributed by atoms with Crippen molar-refractivity contribution in [3.63, 3.8) is 0 Å². The topological polar surface area (TPSA) is 3.24 Å². The van der Waals surface area contributed by atoms with Crippen LogP contribution >= 0.6 is 0 Å². The van der Waals surface area contributed by atoms with Crippen LogP contribution in [0.2, 0.25) is 0 Å². The Bertz CT molecular complexity index is 3490. The van der Waals surface area contributed by atoms with Gasteiger partial charge in [0.2, 0.25) is 0 Å². The molecule has 0 amide bonds. The Labute approximate surface area is 376 Å². The lowest BCUT2D eigenvalue weighted by Crippen LogP contribution is -2.72. The molecule has 0 radical (unpaired) electrons. The maximum Gasteiger partial charge on any atom is 0.180 e. The lowest BCUT2D eigenvalue weighted by atomic mass is 9.88. The molecule has 1 aliphatic heterocycles. The number of benzene rings is 11. The Morgan fingerprint density at radius 2 is 0.969 bits per heavy atom. The zero-order chi connectivity index (χ0) is 42.9. The lowest BCUT2D eigenvalue weighted by molar-refractivity contribution is 0.866. The summed E-state index contributed by atoms with van der Waals surface area (Å²) >= 11 is 0. The number of fused-ring (bicyclic) bond motifs is 8. The van der Waals surface area contributed by atoms with E-state index in [9.17, 15) is 0 Å². The molecular weight excluding hydrogens is 787 g/mol. The molecule has 11 aromatic rings. The third-order valence-corrected chi connectivity index (χ3v) is 18.8. The molecule has 64 heavy (non-hydrogen) atoms. The molecule has 0 bridgehead atoms. The fourth-order valence-electron chi connectivity index (χ4n) is 11.0. The minimum absolute atomic E-state index is 0.452. The molecule has 0 unspecified atom stereocenters. The Balaban J connectivity index is 1.16. The van der Waals surface area contributed by atoms with Crippen LogP contribution in [0.15, 0.2) is 224 Å². The minimum Gasteiger partial charge on any atom is -0.309 e. The summed E-state index contributed by atoms with van der Waals surface area (Å²) in [6.07, 6.45) is 0. The standard InChI is InChI=1S/C62H47NSi/c1-41(2)43-31-34-47(35-32-43)63(48-19-16-17-42(3)37-48)62-54-27-14-12-25-52(54)61(53-26-13-15-28-55(53)62)46-33-36-59-57(39-46)58-38-45-30-29-44-18-10-11-24-51(44)56(45)40-60(58)64(59,49-20-6-4-7-21-49)50-22-8-5-9-23-50/h4-41H,1-3H3. The second kappa shape index (κ2) is 15.1. The lowest BCUT2D eigenvalue weighted by Gasteiger charge is -2.31. The maximum atomic E-state index is 2.58. The maximum absolute atomic E-state index is 2.78. The van der Waals surface area contributed by atoms with Gasteiger partial charge in [-0.2, -0.15) is 0 Å². The van der Waals surface area contributed by atoms with E-state index in [2.05, 4.69) is 250 Å². The smallest absolute Gasteiger partial charge is 0.180 e. The molecule has 0 fully saturated rings. The van der Waals surface area contributed by atoms with Gasteiger partial charge in [-0.15, -0.1) is 0 Å². The van der Waals surface area contributed by atoms with Crippen molar-refractivity contribution in [1.29, 1.82) is 0 Å². The molecule has 1 heterocycles. The van der Waals surface area contributed by atoms with Crippen molar-refractivity contribution in [2.75, 3.05) is 4.90 Å². The van der Waals surface area contributed by atoms with Gasteiger partial charge in [-0.25, -0.2) is 0 Å². The summed E-state index contributed by atoms with van der Waals surface area (Å²) in [5, 5.41) is 15.8. The van der Waals surface area contributed by atoms with E-state index in [1.165, 1.54) is 103 Å². The van der Waals surface area contributed by atoms with Crippen LogP contribution in [0, 0.1) is 6.92 Å². The van der Waals surface area contributed by atoms with Gasteiger partial charge in [0.15, 0.2) is 8.07 Å². The summed E-state index contributed by atoms with van der Waals surface area (Å²) in [7, 11) is -2.78. The van der Waals surface area contributed by atoms with E-state index in [0.29, 0.717) is 5.92 Å². The van der Waals surface area contributed by atoms with Crippen LogP contribution < -0.4 is 25.6 Å². The first kappa shape index (κ1) is 38.2. The minimum atomic E-state index is -2.78. The largest absolute Gasteiger partial charge is 0.309 e. The fourth-order valence-corrected chi connectivity index (χ4v) is 16.2. The zero-order valence-electron chi connectivity index (χ0n) is 36.4. The predicted octanol–water partition coefficient (Wildman–Crippen LogP) is 14.2. The second-order valence-electron chi connectivity index (χ2n) is 17.9. The first-order valence-corrected chi connectivity index (χ1v) is 24.6. The van der Waals surface area contributed by atoms with E-state index in [4.69, 9.17) is 0 Å². The molecule has 1 aliphatic rings. The van der Waals surface area contributed by atoms with Gasteiger partial charge >= 0.3 is 0 Å². The summed E-state index contributed by atoms with van der Waals surface area (Å²) in [5.74, 6) is 0.452. The SMILES string of the molecule is Cc1cccc(N(c2ccc(C(C)C)cc2)c2c3ccccc3c(-c3ccc4c(c3)-c3cc5ccc6ccccc6c5cc3[Si]4(c3ccccc3)c3ccccc3)c3ccccc23)c1. The third-order valence-electron chi connectivity index (χ3n) is 13.9. The highest BCUT2D eigenvalue weighted by Gasteiger charge is 2.49. The van der Waals surface area contributed by atoms with Crippen molar-refractivity contribution in [2.24, 2.45) is 0 Å². The Morgan fingerprint density at radius 1 is 0.391 bits per heavy atom. The highest BCUT2D eigenvalue weighted by Crippen LogP contribution is 2.49. The monoisotopic (exact) mass is 833 g/mol. The molecule has 304 valence electrons. The van der Waals surface area contributed by atoms with Gasteiger partial charge in [0.25, 0.3) is 0 Å². The fraction of sp³-hybridized carbons (Fsp3) is 0.0645. The predicted molar refractivity (Wildman–Crippen MR) is 278 cm³/mol. The van der Waals surface area contributed by atoms with Crippen LogP contribution in [0.25, 0.3) is 65.3 Å². The van der Waals surface area contributed by atoms with Crippen LogP contribution in [0.3, 0.4) is 0 Å². The third kappa shape index (κ3) is 5.83. The van der Waals surface area contributed by atoms with E-state index < -0.39 is 8.07 Å². The van der Waals surface area contributed by atoms with E-state index >= 15 is 0 Å². The molecule has 0 aliphatic carbocycles. The number of hydrogen-bond donors (Lipinski definition) is 0. The quantitative estimate of drug-likeness (QED) is 0.0878. The summed E-state index contributed by atoms with van der Waals surface area (Å²) in [6.45, 7) is 6.72. The van der Waals surface area contributed by atoms with Crippen molar-refractivity contribution < 1.29 is 0 Å². The second-order valence-corrected chi connectivity index (χ2v) is 21.6. The van der Waals surface area contributed by atoms with Crippen molar-refractivity contribution >= 4 is 89.0 Å². The van der Waals surface area contributed by atoms with Gasteiger partial charge in [0, 0.05) is 22.1 Å². The van der Waals surface area contributed by atoms with Crippen molar-refractivity contribution in [2.45, 2.75) is 26.7 Å². The number of hydrogen-bond acceptors (Lipinski definition) is 1. The van der Waals surface area contributed by atoms with Gasteiger partial charge in [0.1, 0.15) is 0 Å². The van der Waals surface area contributed by atoms with E-state index in [1.54, 1.807) is 0 Å². The summed E-state index contributed by atoms with van der Waals surface area (Å²) < 4.78 is 0. The normalized spacial score (nSPS) is 12.9. The number of aryl methyl sites for hydroxylation is 1. The Morgan fingerprint density at radius 3 is 1.61 bits per heavy atom. The molecule has 1 nitrogen and oxygen atoms in total. The van der Waals surface area contributed by atoms with Crippen LogP contribution in [-0.2, 0) is 0 Å². The van der Waals surface area contributed by atoms with Crippen molar-refractivity contribution in [3.05, 3.63) is 236 Å². The van der Waals surface area contributed by atoms with Gasteiger partial charge in [-0.05, 0) is 136 Å². The first-order valence-electron chi connectivity index (χ1n) is 22.6. The number of anilines is 3. The van der Waals surface area contributed by atoms with Crippen LogP contribution in [0.5, 0.6) is 0 Å². The Hall–Kier alpha value is -7.52. The number of rotatable bonds is 7. The highest BCUT2D eigenvalue weighted by atomic mass is 28.3. The molecule has 0 N–H and O–H groups in total. The molecule has 0 atom stereocenters. The molecule has 2 heteroatoms. The summed E-state index contributed by atoms with van der Waals surface area (Å²) in [4.78, 5) is 2.49. The highest BCUT2D eigenvalue weighted by molar-refractivity contribution is 7.22. The summed E-state index contributed by atoms with van der Waals surface area (Å²) in [5.41, 5.74) is 11.3. The average molecular weight is 834 g/mol. The van der Waals surface area contributed by atoms with Crippen molar-refractivity contribution in [1.82, 2.24) is 0 Å². The number of nitrogens with zero attached hydrogens (tertiary/aromatic N) is 1. The van der Waals surface area contributed by atoms with E-state index in [1.807, 2.05) is 0 Å². The van der Waals surface area contributed by atoms with Crippen LogP contribution in [-0.4, -0.2) is 8.07 Å². The zero-order valence-corrected chi connectivity index (χ0v) is 37.4. The molecule has 0 saturated heterocycles. The van der Waals surface area contributed by atoms with Gasteiger partial charge in [0.05, 0.1) is 5.69 Å². The van der Waals surface area contributed by atoms with E-state index in [-0.39, 0.29) is 0 Å². The molecule has 11 aromatic carbocycles. The van der Waals surface area contributed by atoms with E-state index in [0.717, 1.165) is 11.4 Å². The van der Waals surface area contributed by atoms with Crippen LogP contribution in [0.1, 0.15) is 30.9 Å². The molecule has 0 aromatic heterocycles. The van der Waals surface area contributed by atoms with Crippen LogP contribution in [0.4, 0.5) is 17.1 Å². The Kier molecular flexibility index (Phi) is 9.00. The molecule has 0 saturated carbocycles. The molecular formula is C62H47NSi. The van der Waals surface area contributed by atoms with Crippen molar-refractivity contribution in [3.8, 4) is 22.3 Å². The van der Waals surface area contributed by atoms with Gasteiger partial charge in [-0.3, -0.25) is 0 Å². The van der Waals surface area contributed by atoms with Gasteiger partial charge < -0.3 is 4.90 Å². The molecule has 0 spiro atoms. The molecule has 12 rings (SSSR count). The summed E-state index contributed by atoms with van der Waals surface area (Å²) in [6, 6.07) is 85.1. The first-order chi connectivity index (χ1) is 31.5. The average Bonchev–Trinajstić information content (AvgIpc) is 3.63.